The Hall–Kier alpha value is -3.28. The molecule has 12 nitrogen and oxygen atoms in total. The summed E-state index contributed by atoms with van der Waals surface area (Å²) in [5, 5.41) is 22.9. The van der Waals surface area contributed by atoms with Crippen LogP contribution in [0.5, 0.6) is 0 Å². The number of non-ortho nitro benzene ring substituents is 1. The molecule has 0 atom stereocenters. The Bertz CT molecular complexity index is 856. The van der Waals surface area contributed by atoms with Gasteiger partial charge in [0, 0.05) is 45.3 Å². The molecule has 1 aromatic rings. The maximum Gasteiger partial charge on any atom is 0.340 e. The van der Waals surface area contributed by atoms with Crippen LogP contribution in [0.4, 0.5) is 17.1 Å². The van der Waals surface area contributed by atoms with Gasteiger partial charge in [0.1, 0.15) is 5.69 Å². The Labute approximate surface area is 179 Å². The van der Waals surface area contributed by atoms with E-state index in [1.165, 1.54) is 0 Å². The maximum absolute atomic E-state index is 12.4. The topological polar surface area (TPSA) is 139 Å². The molecule has 1 amide bonds. The number of hydrogen-bond acceptors (Lipinski definition) is 9. The third-order valence-corrected chi connectivity index (χ3v) is 5.27. The standard InChI is InChI=1S/C19H27N5O7/c1-4-21(5-2)17(25)13-20-7-6-8-22(10-9-20)18-15(19(26)31-3)11-14(23(27)28)12-16(18)24(29)30/h11-12H,4-10,13H2,1-3H3. The molecule has 1 aliphatic rings. The van der Waals surface area contributed by atoms with Gasteiger partial charge in [-0.3, -0.25) is 29.9 Å². The van der Waals surface area contributed by atoms with E-state index in [1.54, 1.807) is 9.80 Å². The van der Waals surface area contributed by atoms with Crippen LogP contribution in [-0.2, 0) is 9.53 Å². The second-order valence-corrected chi connectivity index (χ2v) is 7.05. The van der Waals surface area contributed by atoms with Crippen LogP contribution in [0.3, 0.4) is 0 Å². The van der Waals surface area contributed by atoms with Gasteiger partial charge >= 0.3 is 5.97 Å². The summed E-state index contributed by atoms with van der Waals surface area (Å²) in [4.78, 5) is 51.5. The van der Waals surface area contributed by atoms with Gasteiger partial charge < -0.3 is 14.5 Å². The molecule has 1 aromatic carbocycles. The molecule has 0 aromatic heterocycles. The molecule has 0 bridgehead atoms. The van der Waals surface area contributed by atoms with Crippen LogP contribution in [0.2, 0.25) is 0 Å². The first-order chi connectivity index (χ1) is 14.7. The number of nitro benzene ring substituents is 2. The highest BCUT2D eigenvalue weighted by atomic mass is 16.6. The molecule has 0 unspecified atom stereocenters. The Morgan fingerprint density at radius 1 is 1.06 bits per heavy atom. The molecule has 170 valence electrons. The first-order valence-corrected chi connectivity index (χ1v) is 10.0. The monoisotopic (exact) mass is 437 g/mol. The van der Waals surface area contributed by atoms with Crippen molar-refractivity contribution in [2.75, 3.05) is 57.8 Å². The van der Waals surface area contributed by atoms with Gasteiger partial charge in [-0.25, -0.2) is 4.79 Å². The lowest BCUT2D eigenvalue weighted by Gasteiger charge is -2.26. The number of carbonyl (C=O) groups is 2. The van der Waals surface area contributed by atoms with E-state index in [1.807, 2.05) is 18.7 Å². The number of nitro groups is 2. The number of carbonyl (C=O) groups excluding carboxylic acids is 2. The average molecular weight is 437 g/mol. The fourth-order valence-electron chi connectivity index (χ4n) is 3.67. The molecule has 0 radical (unpaired) electrons. The van der Waals surface area contributed by atoms with Crippen molar-refractivity contribution in [3.63, 3.8) is 0 Å². The molecule has 0 saturated carbocycles. The van der Waals surface area contributed by atoms with Crippen molar-refractivity contribution in [1.82, 2.24) is 9.80 Å². The fraction of sp³-hybridized carbons (Fsp3) is 0.579. The lowest BCUT2D eigenvalue weighted by atomic mass is 10.1. The third kappa shape index (κ3) is 5.66. The van der Waals surface area contributed by atoms with E-state index in [4.69, 9.17) is 4.74 Å². The Kier molecular flexibility index (Phi) is 8.25. The van der Waals surface area contributed by atoms with Crippen molar-refractivity contribution < 1.29 is 24.2 Å². The van der Waals surface area contributed by atoms with Crippen LogP contribution < -0.4 is 4.90 Å². The lowest BCUT2D eigenvalue weighted by molar-refractivity contribution is -0.393. The van der Waals surface area contributed by atoms with Crippen molar-refractivity contribution in [3.05, 3.63) is 37.9 Å². The minimum Gasteiger partial charge on any atom is -0.465 e. The zero-order valence-electron chi connectivity index (χ0n) is 17.9. The molecule has 1 aliphatic heterocycles. The minimum atomic E-state index is -0.889. The van der Waals surface area contributed by atoms with Gasteiger partial charge in [0.2, 0.25) is 5.91 Å². The van der Waals surface area contributed by atoms with Gasteiger partial charge in [-0.05, 0) is 20.3 Å². The number of esters is 1. The summed E-state index contributed by atoms with van der Waals surface area (Å²) >= 11 is 0. The number of benzene rings is 1. The lowest BCUT2D eigenvalue weighted by Crippen LogP contribution is -2.41. The molecular weight excluding hydrogens is 410 g/mol. The van der Waals surface area contributed by atoms with Crippen LogP contribution in [-0.4, -0.2) is 84.4 Å². The largest absolute Gasteiger partial charge is 0.465 e. The molecular formula is C19H27N5O7. The van der Waals surface area contributed by atoms with E-state index >= 15 is 0 Å². The van der Waals surface area contributed by atoms with E-state index < -0.39 is 27.2 Å². The SMILES string of the molecule is CCN(CC)C(=O)CN1CCCN(c2c(C(=O)OC)cc([N+](=O)[O-])cc2[N+](=O)[O-])CC1. The smallest absolute Gasteiger partial charge is 0.340 e. The fourth-order valence-corrected chi connectivity index (χ4v) is 3.67. The molecule has 0 spiro atoms. The van der Waals surface area contributed by atoms with Gasteiger partial charge in [0.25, 0.3) is 11.4 Å². The first-order valence-electron chi connectivity index (χ1n) is 10.0. The number of methoxy groups -OCH3 is 1. The van der Waals surface area contributed by atoms with Crippen molar-refractivity contribution in [3.8, 4) is 0 Å². The number of rotatable bonds is 8. The highest BCUT2D eigenvalue weighted by molar-refractivity contribution is 5.99. The predicted molar refractivity (Wildman–Crippen MR) is 112 cm³/mol. The summed E-state index contributed by atoms with van der Waals surface area (Å²) in [6, 6.07) is 1.86. The normalized spacial score (nSPS) is 14.6. The quantitative estimate of drug-likeness (QED) is 0.337. The average Bonchev–Trinajstić information content (AvgIpc) is 2.98. The number of hydrogen-bond donors (Lipinski definition) is 0. The van der Waals surface area contributed by atoms with E-state index in [-0.39, 0.29) is 23.7 Å². The molecule has 12 heteroatoms. The predicted octanol–water partition coefficient (Wildman–Crippen LogP) is 1.67. The summed E-state index contributed by atoms with van der Waals surface area (Å²) in [6.07, 6.45) is 0.598. The van der Waals surface area contributed by atoms with Crippen molar-refractivity contribution >= 4 is 28.9 Å². The molecule has 2 rings (SSSR count). The Morgan fingerprint density at radius 2 is 1.74 bits per heavy atom. The molecule has 0 N–H and O–H groups in total. The van der Waals surface area contributed by atoms with Crippen LogP contribution in [0, 0.1) is 20.2 Å². The van der Waals surface area contributed by atoms with Crippen LogP contribution >= 0.6 is 0 Å². The van der Waals surface area contributed by atoms with Gasteiger partial charge in [0.15, 0.2) is 0 Å². The number of likely N-dealkylation sites (N-methyl/N-ethyl adjacent to an activating group) is 1. The van der Waals surface area contributed by atoms with Gasteiger partial charge in [-0.1, -0.05) is 0 Å². The number of amides is 1. The zero-order valence-corrected chi connectivity index (χ0v) is 17.9. The summed E-state index contributed by atoms with van der Waals surface area (Å²) < 4.78 is 4.72. The van der Waals surface area contributed by atoms with Crippen molar-refractivity contribution in [2.45, 2.75) is 20.3 Å². The number of nitrogens with zero attached hydrogens (tertiary/aromatic N) is 5. The first kappa shape index (κ1) is 24.0. The Balaban J connectivity index is 2.35. The summed E-state index contributed by atoms with van der Waals surface area (Å²) in [5.74, 6) is -0.880. The summed E-state index contributed by atoms with van der Waals surface area (Å²) in [5.41, 5.74) is -1.31. The second-order valence-electron chi connectivity index (χ2n) is 7.05. The second kappa shape index (κ2) is 10.7. The summed E-state index contributed by atoms with van der Waals surface area (Å²) in [7, 11) is 1.11. The zero-order chi connectivity index (χ0) is 23.1. The molecule has 1 heterocycles. The van der Waals surface area contributed by atoms with E-state index in [2.05, 4.69) is 0 Å². The molecule has 1 fully saturated rings. The molecule has 1 saturated heterocycles. The van der Waals surface area contributed by atoms with E-state index in [0.29, 0.717) is 45.7 Å². The number of ether oxygens (including phenoxy) is 1. The van der Waals surface area contributed by atoms with Crippen LogP contribution in [0.25, 0.3) is 0 Å². The van der Waals surface area contributed by atoms with Crippen molar-refractivity contribution in [2.24, 2.45) is 0 Å². The third-order valence-electron chi connectivity index (χ3n) is 5.27. The highest BCUT2D eigenvalue weighted by Gasteiger charge is 2.32. The van der Waals surface area contributed by atoms with Gasteiger partial charge in [0.05, 0.1) is 35.1 Å². The van der Waals surface area contributed by atoms with Crippen LogP contribution in [0.1, 0.15) is 30.6 Å². The van der Waals surface area contributed by atoms with Gasteiger partial charge in [-0.15, -0.1) is 0 Å². The summed E-state index contributed by atoms with van der Waals surface area (Å²) in [6.45, 7) is 7.05. The van der Waals surface area contributed by atoms with Crippen LogP contribution in [0.15, 0.2) is 12.1 Å². The van der Waals surface area contributed by atoms with Gasteiger partial charge in [-0.2, -0.15) is 0 Å². The Morgan fingerprint density at radius 3 is 2.29 bits per heavy atom. The van der Waals surface area contributed by atoms with E-state index in [9.17, 15) is 29.8 Å². The minimum absolute atomic E-state index is 0.000584. The van der Waals surface area contributed by atoms with Crippen molar-refractivity contribution in [1.29, 1.82) is 0 Å². The number of anilines is 1. The molecule has 31 heavy (non-hydrogen) atoms. The highest BCUT2D eigenvalue weighted by Crippen LogP contribution is 2.37. The molecule has 0 aliphatic carbocycles. The van der Waals surface area contributed by atoms with E-state index in [0.717, 1.165) is 19.2 Å². The maximum atomic E-state index is 12.4.